The molecule has 430 valence electrons. The van der Waals surface area contributed by atoms with Crippen LogP contribution in [0, 0.1) is 17.8 Å². The molecule has 18 atom stereocenters. The summed E-state index contributed by atoms with van der Waals surface area (Å²) in [5, 5.41) is 70.8. The largest absolute Gasteiger partial charge is 0.459 e. The number of cyclic esters (lactones) is 1. The highest BCUT2D eigenvalue weighted by molar-refractivity contribution is 7.18. The number of nitrogens with one attached hydrogen (secondary N) is 3. The fourth-order valence-corrected chi connectivity index (χ4v) is 13.6. The lowest BCUT2D eigenvalue weighted by molar-refractivity contribution is -0.336. The maximum atomic E-state index is 14.7. The number of esters is 1. The van der Waals surface area contributed by atoms with Gasteiger partial charge < -0.3 is 79.7 Å². The molecule has 3 aromatic rings. The second kappa shape index (κ2) is 24.6. The predicted octanol–water partition coefficient (Wildman–Crippen LogP) is 5.74. The summed E-state index contributed by atoms with van der Waals surface area (Å²) in [6.07, 6.45) is -8.35. The minimum atomic E-state index is -1.86. The number of carbonyl (C=O) groups excluding carboxylic acids is 2. The summed E-state index contributed by atoms with van der Waals surface area (Å²) in [5.41, 5.74) is -1.46. The summed E-state index contributed by atoms with van der Waals surface area (Å²) in [4.78, 5) is 33.8. The Labute approximate surface area is 460 Å². The van der Waals surface area contributed by atoms with Crippen molar-refractivity contribution in [2.45, 2.75) is 185 Å². The zero-order valence-corrected chi connectivity index (χ0v) is 48.6. The van der Waals surface area contributed by atoms with Crippen molar-refractivity contribution in [3.63, 3.8) is 0 Å². The smallest absolute Gasteiger partial charge is 0.311 e. The molecule has 1 amide bonds. The molecule has 0 bridgehead atoms. The summed E-state index contributed by atoms with van der Waals surface area (Å²) < 4.78 is 39.0. The van der Waals surface area contributed by atoms with E-state index in [1.54, 1.807) is 41.5 Å². The summed E-state index contributed by atoms with van der Waals surface area (Å²) in [6, 6.07) is 17.2. The number of fused-ring (bicyclic) bond motifs is 5. The maximum Gasteiger partial charge on any atom is 0.311 e. The Morgan fingerprint density at radius 3 is 2.21 bits per heavy atom. The molecule has 19 heteroatoms. The van der Waals surface area contributed by atoms with E-state index in [4.69, 9.17) is 28.4 Å². The highest BCUT2D eigenvalue weighted by Gasteiger charge is 2.58. The maximum absolute atomic E-state index is 14.7. The number of carbonyl (C=O) groups is 2. The number of methoxy groups -OCH3 is 1. The van der Waals surface area contributed by atoms with Crippen LogP contribution in [0.1, 0.15) is 105 Å². The van der Waals surface area contributed by atoms with E-state index in [-0.39, 0.29) is 56.3 Å². The molecule has 4 aliphatic heterocycles. The van der Waals surface area contributed by atoms with E-state index in [0.29, 0.717) is 24.4 Å². The van der Waals surface area contributed by atoms with Crippen LogP contribution in [0.3, 0.4) is 0 Å². The van der Waals surface area contributed by atoms with Crippen molar-refractivity contribution in [3.05, 3.63) is 59.5 Å². The fraction of sp³-hybridized carbons (Fsp3) is 0.690. The first-order valence-electron chi connectivity index (χ1n) is 27.5. The van der Waals surface area contributed by atoms with E-state index in [2.05, 4.69) is 28.1 Å². The third kappa shape index (κ3) is 12.8. The minimum Gasteiger partial charge on any atom is -0.459 e. The van der Waals surface area contributed by atoms with Crippen molar-refractivity contribution in [2.24, 2.45) is 17.8 Å². The second-order valence-corrected chi connectivity index (χ2v) is 24.6. The van der Waals surface area contributed by atoms with Crippen LogP contribution in [-0.4, -0.2) is 191 Å². The van der Waals surface area contributed by atoms with E-state index < -0.39 is 95.5 Å². The second-order valence-electron chi connectivity index (χ2n) is 23.5. The Bertz CT molecular complexity index is 2410. The van der Waals surface area contributed by atoms with Crippen molar-refractivity contribution < 1.29 is 63.5 Å². The van der Waals surface area contributed by atoms with Crippen molar-refractivity contribution in [3.8, 4) is 21.6 Å². The average molecular weight is 1100 g/mol. The van der Waals surface area contributed by atoms with Crippen molar-refractivity contribution in [1.29, 1.82) is 0 Å². The highest BCUT2D eigenvalue weighted by Crippen LogP contribution is 2.49. The van der Waals surface area contributed by atoms with Crippen LogP contribution in [-0.2, 0) is 33.2 Å². The van der Waals surface area contributed by atoms with E-state index in [0.717, 1.165) is 32.9 Å². The molecule has 5 heterocycles. The van der Waals surface area contributed by atoms with Gasteiger partial charge in [-0.05, 0) is 113 Å². The van der Waals surface area contributed by atoms with E-state index in [1.165, 1.54) is 25.4 Å². The number of nitrogens with zero attached hydrogens (tertiary/aromatic N) is 2. The van der Waals surface area contributed by atoms with Crippen LogP contribution in [0.25, 0.3) is 21.6 Å². The van der Waals surface area contributed by atoms with Crippen LogP contribution in [0.4, 0.5) is 11.4 Å². The van der Waals surface area contributed by atoms with Gasteiger partial charge in [-0.2, -0.15) is 0 Å². The van der Waals surface area contributed by atoms with Crippen molar-refractivity contribution >= 4 is 34.6 Å². The van der Waals surface area contributed by atoms with Gasteiger partial charge in [-0.15, -0.1) is 11.3 Å². The van der Waals surface area contributed by atoms with Gasteiger partial charge in [-0.3, -0.25) is 9.59 Å². The molecule has 0 aliphatic carbocycles. The molecule has 0 unspecified atom stereocenters. The molecule has 3 fully saturated rings. The van der Waals surface area contributed by atoms with Crippen LogP contribution < -0.4 is 16.0 Å². The normalized spacial score (nSPS) is 38.5. The van der Waals surface area contributed by atoms with Gasteiger partial charge in [0.05, 0.1) is 40.8 Å². The van der Waals surface area contributed by atoms with Crippen LogP contribution in [0.2, 0.25) is 0 Å². The fourth-order valence-electron chi connectivity index (χ4n) is 12.4. The predicted molar refractivity (Wildman–Crippen MR) is 297 cm³/mol. The number of benzene rings is 2. The Hall–Kier alpha value is -3.64. The SMILES string of the molecule is CC[C@H]1OC(=O)[C@H](C)[C@@H](O[C@@H]2C[C@@](C)(OC)[C@](O)(CNCCNC(=O)c3cc4c(s3)-c3ccccc3Nc3ccccc3-4)[C@@H](C)O2)[C@H](C)[C@@H](O[C@@H]2O[C@H](C)C[C@H](N(C)C)[C@H]2O)[C@](C)(O)C[C@@H](C)CN(C)[C@H](C)[C@@H](O)[C@]1(C)O. The molecule has 1 aromatic heterocycles. The van der Waals surface area contributed by atoms with Gasteiger partial charge in [0, 0.05) is 90.7 Å². The zero-order valence-electron chi connectivity index (χ0n) is 47.7. The molecule has 0 spiro atoms. The molecule has 77 heavy (non-hydrogen) atoms. The Balaban J connectivity index is 1.11. The summed E-state index contributed by atoms with van der Waals surface area (Å²) in [7, 11) is 7.10. The number of hydrogen-bond donors (Lipinski definition) is 8. The lowest BCUT2D eigenvalue weighted by Gasteiger charge is -2.53. The molecule has 8 N–H and O–H groups in total. The first-order chi connectivity index (χ1) is 36.2. The van der Waals surface area contributed by atoms with E-state index >= 15 is 0 Å². The topological polar surface area (TPSA) is 233 Å². The average Bonchev–Trinajstić information content (AvgIpc) is 3.80. The molecule has 0 saturated carbocycles. The lowest BCUT2D eigenvalue weighted by atomic mass is 9.75. The monoisotopic (exact) mass is 1100 g/mol. The van der Waals surface area contributed by atoms with E-state index in [9.17, 15) is 35.1 Å². The standard InChI is InChI=1S/C58H89N5O13S/c1-15-45-57(10,69)50(65)36(6)63(13)30-32(2)28-55(8,68)51(76-54-47(64)43(62(11)12)26-33(3)72-54)34(4)48(35(5)53(67)74-45)75-46-29-56(9,71-14)58(70,37(7)73-46)31-59-24-25-60-52(66)44-27-40-38-20-16-18-22-41(38)61-42-23-19-17-21-39(42)49(40)77-44/h16-23,27,32-37,43,45-48,50-51,54,59,61,64-65,68-70H,15,24-26,28-31H2,1-14H3,(H,60,66)/t32-,33-,34+,35-,36-,37-,43+,45-,46-,47-,48+,50-,51-,54+,55-,56-,57-,58+/m1/s1. The summed E-state index contributed by atoms with van der Waals surface area (Å²) in [6.45, 7) is 18.6. The Kier molecular flexibility index (Phi) is 19.5. The van der Waals surface area contributed by atoms with Gasteiger partial charge in [0.2, 0.25) is 0 Å². The summed E-state index contributed by atoms with van der Waals surface area (Å²) >= 11 is 1.44. The Morgan fingerprint density at radius 2 is 1.56 bits per heavy atom. The third-order valence-electron chi connectivity index (χ3n) is 17.3. The number of likely N-dealkylation sites (N-methyl/N-ethyl adjacent to an activating group) is 2. The van der Waals surface area contributed by atoms with Gasteiger partial charge in [0.25, 0.3) is 5.91 Å². The Morgan fingerprint density at radius 1 is 0.909 bits per heavy atom. The number of aliphatic hydroxyl groups excluding tert-OH is 2. The van der Waals surface area contributed by atoms with Gasteiger partial charge in [0.1, 0.15) is 35.1 Å². The van der Waals surface area contributed by atoms with Crippen molar-refractivity contribution in [1.82, 2.24) is 20.4 Å². The van der Waals surface area contributed by atoms with Crippen LogP contribution >= 0.6 is 11.3 Å². The third-order valence-corrected chi connectivity index (χ3v) is 18.4. The molecule has 7 rings (SSSR count). The number of amides is 1. The number of aliphatic hydroxyl groups is 5. The molecular weight excluding hydrogens is 1010 g/mol. The first-order valence-corrected chi connectivity index (χ1v) is 28.3. The number of anilines is 2. The number of rotatable bonds is 13. The number of hydrogen-bond acceptors (Lipinski definition) is 18. The zero-order chi connectivity index (χ0) is 56.5. The van der Waals surface area contributed by atoms with E-state index in [1.807, 2.05) is 94.2 Å². The first kappa shape index (κ1) is 61.0. The van der Waals surface area contributed by atoms with Crippen LogP contribution in [0.5, 0.6) is 0 Å². The molecule has 4 aliphatic rings. The van der Waals surface area contributed by atoms with Gasteiger partial charge in [-0.25, -0.2) is 0 Å². The molecular formula is C58H89N5O13S. The summed E-state index contributed by atoms with van der Waals surface area (Å²) in [5.74, 6) is -3.07. The van der Waals surface area contributed by atoms with Gasteiger partial charge in [-0.1, -0.05) is 57.2 Å². The molecule has 2 aromatic carbocycles. The molecule has 18 nitrogen and oxygen atoms in total. The molecule has 3 saturated heterocycles. The van der Waals surface area contributed by atoms with Gasteiger partial charge in [0.15, 0.2) is 12.6 Å². The van der Waals surface area contributed by atoms with Crippen LogP contribution in [0.15, 0.2) is 54.6 Å². The number of thiophene rings is 1. The minimum absolute atomic E-state index is 0.00723. The lowest BCUT2D eigenvalue weighted by Crippen LogP contribution is -2.70. The molecule has 0 radical (unpaired) electrons. The quantitative estimate of drug-likeness (QED) is 0.0589. The number of para-hydroxylation sites is 2. The van der Waals surface area contributed by atoms with Gasteiger partial charge >= 0.3 is 5.97 Å². The van der Waals surface area contributed by atoms with Crippen molar-refractivity contribution in [2.75, 3.05) is 59.7 Å². The number of ether oxygens (including phenoxy) is 6. The highest BCUT2D eigenvalue weighted by atomic mass is 32.1.